The monoisotopic (exact) mass is 341 g/mol. The van der Waals surface area contributed by atoms with E-state index in [4.69, 9.17) is 4.74 Å². The van der Waals surface area contributed by atoms with Crippen LogP contribution in [0.3, 0.4) is 0 Å². The van der Waals surface area contributed by atoms with Crippen LogP contribution in [0, 0.1) is 0 Å². The molecule has 0 radical (unpaired) electrons. The van der Waals surface area contributed by atoms with Crippen LogP contribution in [0.5, 0.6) is 0 Å². The molecule has 3 rings (SSSR count). The molecular formula is C19H27N5O. The van der Waals surface area contributed by atoms with E-state index in [9.17, 15) is 0 Å². The number of nitrogens with one attached hydrogen (secondary N) is 2. The average Bonchev–Trinajstić information content (AvgIpc) is 3.14. The second kappa shape index (κ2) is 8.78. The van der Waals surface area contributed by atoms with Crippen molar-refractivity contribution < 1.29 is 4.74 Å². The summed E-state index contributed by atoms with van der Waals surface area (Å²) >= 11 is 0. The van der Waals surface area contributed by atoms with Crippen molar-refractivity contribution in [2.24, 2.45) is 0 Å². The number of aromatic nitrogens is 2. The van der Waals surface area contributed by atoms with Gasteiger partial charge >= 0.3 is 0 Å². The third-order valence-electron chi connectivity index (χ3n) is 4.17. The lowest BCUT2D eigenvalue weighted by molar-refractivity contribution is 0.120. The van der Waals surface area contributed by atoms with Gasteiger partial charge in [-0.2, -0.15) is 4.98 Å². The summed E-state index contributed by atoms with van der Waals surface area (Å²) in [4.78, 5) is 11.4. The minimum absolute atomic E-state index is 0.258. The molecule has 1 aromatic carbocycles. The molecule has 0 aliphatic carbocycles. The molecule has 6 heteroatoms. The second-order valence-electron chi connectivity index (χ2n) is 6.57. The minimum Gasteiger partial charge on any atom is -0.376 e. The van der Waals surface area contributed by atoms with Gasteiger partial charge in [0.1, 0.15) is 5.82 Å². The molecule has 1 atom stereocenters. The first kappa shape index (κ1) is 17.6. The van der Waals surface area contributed by atoms with Crippen LogP contribution in [-0.2, 0) is 4.74 Å². The van der Waals surface area contributed by atoms with Crippen LogP contribution in [0.25, 0.3) is 11.3 Å². The molecule has 6 nitrogen and oxygen atoms in total. The molecule has 134 valence electrons. The Labute approximate surface area is 149 Å². The Balaban J connectivity index is 1.75. The Kier molecular flexibility index (Phi) is 6.19. The summed E-state index contributed by atoms with van der Waals surface area (Å²) in [5.74, 6) is 1.48. The van der Waals surface area contributed by atoms with Gasteiger partial charge in [-0.15, -0.1) is 0 Å². The van der Waals surface area contributed by atoms with Gasteiger partial charge in [0.2, 0.25) is 5.95 Å². The maximum atomic E-state index is 5.67. The molecule has 1 fully saturated rings. The SMILES string of the molecule is CN(C)CCNc1cc(-c2ccccc2)nc(NCC2CCCO2)n1. The van der Waals surface area contributed by atoms with Crippen molar-refractivity contribution in [3.8, 4) is 11.3 Å². The fourth-order valence-electron chi connectivity index (χ4n) is 2.79. The van der Waals surface area contributed by atoms with E-state index in [1.807, 2.05) is 24.3 Å². The summed E-state index contributed by atoms with van der Waals surface area (Å²) in [7, 11) is 4.12. The molecule has 0 saturated carbocycles. The van der Waals surface area contributed by atoms with Crippen molar-refractivity contribution >= 4 is 11.8 Å². The molecule has 0 amide bonds. The zero-order chi connectivity index (χ0) is 17.5. The van der Waals surface area contributed by atoms with E-state index in [-0.39, 0.29) is 6.10 Å². The number of ether oxygens (including phenoxy) is 1. The molecule has 2 N–H and O–H groups in total. The quantitative estimate of drug-likeness (QED) is 0.770. The van der Waals surface area contributed by atoms with E-state index < -0.39 is 0 Å². The molecule has 0 spiro atoms. The Morgan fingerprint density at radius 1 is 1.16 bits per heavy atom. The predicted molar refractivity (Wildman–Crippen MR) is 102 cm³/mol. The van der Waals surface area contributed by atoms with Crippen molar-refractivity contribution in [2.75, 3.05) is 51.0 Å². The molecule has 2 heterocycles. The van der Waals surface area contributed by atoms with E-state index in [0.717, 1.165) is 56.2 Å². The standard InChI is InChI=1S/C19H27N5O/c1-24(2)11-10-20-18-13-17(15-7-4-3-5-8-15)22-19(23-18)21-14-16-9-6-12-25-16/h3-5,7-8,13,16H,6,9-12,14H2,1-2H3,(H2,20,21,22,23). The average molecular weight is 341 g/mol. The van der Waals surface area contributed by atoms with E-state index in [1.165, 1.54) is 0 Å². The van der Waals surface area contributed by atoms with Crippen LogP contribution in [0.2, 0.25) is 0 Å². The van der Waals surface area contributed by atoms with Gasteiger partial charge < -0.3 is 20.3 Å². The van der Waals surface area contributed by atoms with Gasteiger partial charge in [0.25, 0.3) is 0 Å². The van der Waals surface area contributed by atoms with E-state index in [2.05, 4.69) is 51.7 Å². The minimum atomic E-state index is 0.258. The van der Waals surface area contributed by atoms with Crippen LogP contribution >= 0.6 is 0 Å². The molecule has 1 aliphatic rings. The van der Waals surface area contributed by atoms with Gasteiger partial charge in [0.15, 0.2) is 0 Å². The zero-order valence-electron chi connectivity index (χ0n) is 15.0. The van der Waals surface area contributed by atoms with Crippen LogP contribution < -0.4 is 10.6 Å². The maximum Gasteiger partial charge on any atom is 0.225 e. The first-order valence-electron chi connectivity index (χ1n) is 8.89. The number of anilines is 2. The lowest BCUT2D eigenvalue weighted by Gasteiger charge is -2.15. The van der Waals surface area contributed by atoms with Gasteiger partial charge in [-0.25, -0.2) is 4.98 Å². The van der Waals surface area contributed by atoms with Crippen LogP contribution in [0.4, 0.5) is 11.8 Å². The summed E-state index contributed by atoms with van der Waals surface area (Å²) in [5, 5.41) is 6.73. The molecular weight excluding hydrogens is 314 g/mol. The van der Waals surface area contributed by atoms with Gasteiger partial charge in [-0.1, -0.05) is 30.3 Å². The Bertz CT molecular complexity index is 656. The molecule has 1 aliphatic heterocycles. The molecule has 1 saturated heterocycles. The Morgan fingerprint density at radius 3 is 2.72 bits per heavy atom. The highest BCUT2D eigenvalue weighted by atomic mass is 16.5. The fraction of sp³-hybridized carbons (Fsp3) is 0.474. The third-order valence-corrected chi connectivity index (χ3v) is 4.17. The van der Waals surface area contributed by atoms with Crippen LogP contribution in [0.15, 0.2) is 36.4 Å². The first-order chi connectivity index (χ1) is 12.2. The lowest BCUT2D eigenvalue weighted by atomic mass is 10.1. The fourth-order valence-corrected chi connectivity index (χ4v) is 2.79. The highest BCUT2D eigenvalue weighted by molar-refractivity contribution is 5.64. The van der Waals surface area contributed by atoms with Crippen molar-refractivity contribution in [1.82, 2.24) is 14.9 Å². The van der Waals surface area contributed by atoms with Crippen molar-refractivity contribution in [2.45, 2.75) is 18.9 Å². The lowest BCUT2D eigenvalue weighted by Crippen LogP contribution is -2.22. The van der Waals surface area contributed by atoms with Gasteiger partial charge in [0, 0.05) is 37.9 Å². The number of rotatable bonds is 8. The predicted octanol–water partition coefficient (Wildman–Crippen LogP) is 2.71. The third kappa shape index (κ3) is 5.41. The van der Waals surface area contributed by atoms with Crippen molar-refractivity contribution in [3.63, 3.8) is 0 Å². The molecule has 1 aromatic heterocycles. The number of hydrogen-bond acceptors (Lipinski definition) is 6. The van der Waals surface area contributed by atoms with Gasteiger partial charge in [0.05, 0.1) is 11.8 Å². The van der Waals surface area contributed by atoms with Crippen LogP contribution in [-0.4, -0.2) is 61.3 Å². The van der Waals surface area contributed by atoms with Gasteiger partial charge in [-0.05, 0) is 26.9 Å². The molecule has 25 heavy (non-hydrogen) atoms. The Hall–Kier alpha value is -2.18. The zero-order valence-corrected chi connectivity index (χ0v) is 15.0. The first-order valence-corrected chi connectivity index (χ1v) is 8.89. The number of hydrogen-bond donors (Lipinski definition) is 2. The smallest absolute Gasteiger partial charge is 0.225 e. The highest BCUT2D eigenvalue weighted by Crippen LogP contribution is 2.21. The molecule has 2 aromatic rings. The Morgan fingerprint density at radius 2 is 2.00 bits per heavy atom. The van der Waals surface area contributed by atoms with E-state index >= 15 is 0 Å². The molecule has 0 bridgehead atoms. The number of benzene rings is 1. The van der Waals surface area contributed by atoms with Crippen LogP contribution in [0.1, 0.15) is 12.8 Å². The summed E-state index contributed by atoms with van der Waals surface area (Å²) < 4.78 is 5.67. The molecule has 1 unspecified atom stereocenters. The van der Waals surface area contributed by atoms with Crippen molar-refractivity contribution in [3.05, 3.63) is 36.4 Å². The topological polar surface area (TPSA) is 62.3 Å². The second-order valence-corrected chi connectivity index (χ2v) is 6.57. The van der Waals surface area contributed by atoms with Gasteiger partial charge in [-0.3, -0.25) is 0 Å². The summed E-state index contributed by atoms with van der Waals surface area (Å²) in [6.45, 7) is 3.39. The largest absolute Gasteiger partial charge is 0.376 e. The number of likely N-dealkylation sites (N-methyl/N-ethyl adjacent to an activating group) is 1. The van der Waals surface area contributed by atoms with Crippen molar-refractivity contribution in [1.29, 1.82) is 0 Å². The summed E-state index contributed by atoms with van der Waals surface area (Å²) in [6, 6.07) is 12.2. The maximum absolute atomic E-state index is 5.67. The van der Waals surface area contributed by atoms with E-state index in [0.29, 0.717) is 5.95 Å². The number of nitrogens with zero attached hydrogens (tertiary/aromatic N) is 3. The van der Waals surface area contributed by atoms with E-state index in [1.54, 1.807) is 0 Å². The summed E-state index contributed by atoms with van der Waals surface area (Å²) in [6.07, 6.45) is 2.49. The summed E-state index contributed by atoms with van der Waals surface area (Å²) in [5.41, 5.74) is 2.00. The normalized spacial score (nSPS) is 17.0. The highest BCUT2D eigenvalue weighted by Gasteiger charge is 2.16.